The molecule has 0 radical (unpaired) electrons. The molecule has 0 bridgehead atoms. The average molecular weight is 257 g/mol. The summed E-state index contributed by atoms with van der Waals surface area (Å²) in [5.41, 5.74) is 6.74. The van der Waals surface area contributed by atoms with E-state index in [0.29, 0.717) is 6.54 Å². The summed E-state index contributed by atoms with van der Waals surface area (Å²) >= 11 is 6.16. The number of rotatable bonds is 6. The van der Waals surface area contributed by atoms with Crippen LogP contribution in [0.3, 0.4) is 0 Å². The quantitative estimate of drug-likeness (QED) is 0.821. The molecule has 1 aromatic carbocycles. The van der Waals surface area contributed by atoms with E-state index in [2.05, 4.69) is 19.2 Å². The first kappa shape index (κ1) is 14.3. The zero-order valence-electron chi connectivity index (χ0n) is 10.7. The van der Waals surface area contributed by atoms with Crippen LogP contribution in [0.25, 0.3) is 0 Å². The van der Waals surface area contributed by atoms with Gasteiger partial charge in [-0.1, -0.05) is 17.7 Å². The summed E-state index contributed by atoms with van der Waals surface area (Å²) in [5, 5.41) is 4.15. The second-order valence-corrected chi connectivity index (χ2v) is 5.13. The molecule has 0 aliphatic heterocycles. The normalized spacial score (nSPS) is 11.6. The number of methoxy groups -OCH3 is 1. The molecular formula is C13H21ClN2O. The van der Waals surface area contributed by atoms with Crippen LogP contribution in [0.2, 0.25) is 5.02 Å². The molecule has 4 heteroatoms. The molecule has 1 rings (SSSR count). The Morgan fingerprint density at radius 1 is 1.41 bits per heavy atom. The summed E-state index contributed by atoms with van der Waals surface area (Å²) in [6.07, 6.45) is 0.881. The standard InChI is InChI=1S/C13H21ClN2O/c1-13(2,9-15)16-7-6-10-4-5-11(17-3)8-12(10)14/h4-5,8,16H,6-7,9,15H2,1-3H3. The van der Waals surface area contributed by atoms with Gasteiger partial charge >= 0.3 is 0 Å². The highest BCUT2D eigenvalue weighted by Crippen LogP contribution is 2.22. The van der Waals surface area contributed by atoms with Crippen molar-refractivity contribution in [1.82, 2.24) is 5.32 Å². The van der Waals surface area contributed by atoms with Gasteiger partial charge in [-0.05, 0) is 44.5 Å². The Kier molecular flexibility index (Phi) is 5.25. The summed E-state index contributed by atoms with van der Waals surface area (Å²) in [5.74, 6) is 0.786. The van der Waals surface area contributed by atoms with E-state index >= 15 is 0 Å². The molecule has 3 N–H and O–H groups in total. The van der Waals surface area contributed by atoms with Crippen molar-refractivity contribution in [2.45, 2.75) is 25.8 Å². The van der Waals surface area contributed by atoms with E-state index in [1.54, 1.807) is 7.11 Å². The minimum Gasteiger partial charge on any atom is -0.497 e. The van der Waals surface area contributed by atoms with Gasteiger partial charge in [0.25, 0.3) is 0 Å². The maximum Gasteiger partial charge on any atom is 0.120 e. The molecule has 0 aromatic heterocycles. The van der Waals surface area contributed by atoms with Gasteiger partial charge in [-0.3, -0.25) is 0 Å². The molecule has 0 spiro atoms. The SMILES string of the molecule is COc1ccc(CCNC(C)(C)CN)c(Cl)c1. The number of nitrogens with two attached hydrogens (primary N) is 1. The fourth-order valence-electron chi connectivity index (χ4n) is 1.47. The highest BCUT2D eigenvalue weighted by Gasteiger charge is 2.13. The number of hydrogen-bond donors (Lipinski definition) is 2. The minimum atomic E-state index is -0.0288. The summed E-state index contributed by atoms with van der Waals surface area (Å²) in [7, 11) is 1.64. The van der Waals surface area contributed by atoms with E-state index in [1.165, 1.54) is 0 Å². The largest absolute Gasteiger partial charge is 0.497 e. The Labute approximate surface area is 108 Å². The molecule has 0 aliphatic rings. The predicted molar refractivity (Wildman–Crippen MR) is 72.8 cm³/mol. The first-order valence-electron chi connectivity index (χ1n) is 5.76. The number of halogens is 1. The number of hydrogen-bond acceptors (Lipinski definition) is 3. The van der Waals surface area contributed by atoms with Gasteiger partial charge < -0.3 is 15.8 Å². The van der Waals surface area contributed by atoms with Gasteiger partial charge in [0, 0.05) is 17.1 Å². The molecule has 1 aromatic rings. The molecule has 3 nitrogen and oxygen atoms in total. The zero-order chi connectivity index (χ0) is 12.9. The van der Waals surface area contributed by atoms with Gasteiger partial charge in [-0.2, -0.15) is 0 Å². The monoisotopic (exact) mass is 256 g/mol. The molecule has 96 valence electrons. The lowest BCUT2D eigenvalue weighted by atomic mass is 10.1. The third kappa shape index (κ3) is 4.54. The van der Waals surface area contributed by atoms with E-state index in [9.17, 15) is 0 Å². The van der Waals surface area contributed by atoms with Gasteiger partial charge in [-0.15, -0.1) is 0 Å². The van der Waals surface area contributed by atoms with Crippen LogP contribution in [-0.4, -0.2) is 25.7 Å². The number of nitrogens with one attached hydrogen (secondary N) is 1. The smallest absolute Gasteiger partial charge is 0.120 e. The Morgan fingerprint density at radius 3 is 2.65 bits per heavy atom. The molecule has 0 saturated carbocycles. The average Bonchev–Trinajstić information content (AvgIpc) is 2.31. The van der Waals surface area contributed by atoms with Crippen LogP contribution in [0.15, 0.2) is 18.2 Å². The van der Waals surface area contributed by atoms with Gasteiger partial charge in [0.15, 0.2) is 0 Å². The van der Waals surface area contributed by atoms with Crippen LogP contribution < -0.4 is 15.8 Å². The van der Waals surface area contributed by atoms with Gasteiger partial charge in [0.05, 0.1) is 7.11 Å². The van der Waals surface area contributed by atoms with Crippen LogP contribution in [0, 0.1) is 0 Å². The molecule has 0 unspecified atom stereocenters. The third-order valence-electron chi connectivity index (χ3n) is 2.77. The van der Waals surface area contributed by atoms with Gasteiger partial charge in [-0.25, -0.2) is 0 Å². The molecule has 0 aliphatic carbocycles. The van der Waals surface area contributed by atoms with Crippen LogP contribution in [0.5, 0.6) is 5.75 Å². The van der Waals surface area contributed by atoms with Crippen LogP contribution in [-0.2, 0) is 6.42 Å². The molecular weight excluding hydrogens is 236 g/mol. The van der Waals surface area contributed by atoms with Crippen LogP contribution in [0.1, 0.15) is 19.4 Å². The van der Waals surface area contributed by atoms with E-state index in [4.69, 9.17) is 22.1 Å². The van der Waals surface area contributed by atoms with Gasteiger partial charge in [0.2, 0.25) is 0 Å². The second-order valence-electron chi connectivity index (χ2n) is 4.72. The molecule has 17 heavy (non-hydrogen) atoms. The van der Waals surface area contributed by atoms with Crippen molar-refractivity contribution in [1.29, 1.82) is 0 Å². The molecule has 0 atom stereocenters. The summed E-state index contributed by atoms with van der Waals surface area (Å²) in [6.45, 7) is 5.64. The number of ether oxygens (including phenoxy) is 1. The second kappa shape index (κ2) is 6.24. The fraction of sp³-hybridized carbons (Fsp3) is 0.538. The summed E-state index contributed by atoms with van der Waals surface area (Å²) in [4.78, 5) is 0. The maximum absolute atomic E-state index is 6.16. The van der Waals surface area contributed by atoms with Crippen molar-refractivity contribution in [3.63, 3.8) is 0 Å². The Bertz CT molecular complexity index is 366. The van der Waals surface area contributed by atoms with E-state index in [1.807, 2.05) is 18.2 Å². The minimum absolute atomic E-state index is 0.0288. The molecule has 0 fully saturated rings. The lowest BCUT2D eigenvalue weighted by Crippen LogP contribution is -2.46. The summed E-state index contributed by atoms with van der Waals surface area (Å²) < 4.78 is 5.11. The first-order valence-corrected chi connectivity index (χ1v) is 6.14. The molecule has 0 saturated heterocycles. The van der Waals surface area contributed by atoms with E-state index in [-0.39, 0.29) is 5.54 Å². The summed E-state index contributed by atoms with van der Waals surface area (Å²) in [6, 6.07) is 5.76. The fourth-order valence-corrected chi connectivity index (χ4v) is 1.73. The number of benzene rings is 1. The van der Waals surface area contributed by atoms with Gasteiger partial charge in [0.1, 0.15) is 5.75 Å². The Balaban J connectivity index is 2.52. The van der Waals surface area contributed by atoms with Crippen molar-refractivity contribution in [3.05, 3.63) is 28.8 Å². The van der Waals surface area contributed by atoms with Crippen molar-refractivity contribution in [2.24, 2.45) is 5.73 Å². The topological polar surface area (TPSA) is 47.3 Å². The maximum atomic E-state index is 6.16. The lowest BCUT2D eigenvalue weighted by molar-refractivity contribution is 0.401. The Morgan fingerprint density at radius 2 is 2.12 bits per heavy atom. The van der Waals surface area contributed by atoms with Crippen molar-refractivity contribution in [2.75, 3.05) is 20.2 Å². The highest BCUT2D eigenvalue weighted by molar-refractivity contribution is 6.31. The first-order chi connectivity index (χ1) is 7.98. The van der Waals surface area contributed by atoms with Crippen LogP contribution in [0.4, 0.5) is 0 Å². The van der Waals surface area contributed by atoms with Crippen molar-refractivity contribution in [3.8, 4) is 5.75 Å². The van der Waals surface area contributed by atoms with Crippen LogP contribution >= 0.6 is 11.6 Å². The molecule has 0 amide bonds. The predicted octanol–water partition coefficient (Wildman–Crippen LogP) is 2.22. The van der Waals surface area contributed by atoms with Crippen molar-refractivity contribution >= 4 is 11.6 Å². The Hall–Kier alpha value is -0.770. The zero-order valence-corrected chi connectivity index (χ0v) is 11.5. The van der Waals surface area contributed by atoms with Crippen molar-refractivity contribution < 1.29 is 4.74 Å². The van der Waals surface area contributed by atoms with E-state index in [0.717, 1.165) is 29.3 Å². The third-order valence-corrected chi connectivity index (χ3v) is 3.12. The molecule has 0 heterocycles. The highest BCUT2D eigenvalue weighted by atomic mass is 35.5. The lowest BCUT2D eigenvalue weighted by Gasteiger charge is -2.24. The van der Waals surface area contributed by atoms with E-state index < -0.39 is 0 Å².